The lowest BCUT2D eigenvalue weighted by molar-refractivity contribution is -0.149. The van der Waals surface area contributed by atoms with Gasteiger partial charge in [-0.25, -0.2) is 9.59 Å². The van der Waals surface area contributed by atoms with Crippen LogP contribution in [0.4, 0.5) is 15.3 Å². The van der Waals surface area contributed by atoms with E-state index in [0.717, 1.165) is 17.5 Å². The van der Waals surface area contributed by atoms with E-state index in [1.807, 2.05) is 37.3 Å². The first-order valence-electron chi connectivity index (χ1n) is 15.3. The van der Waals surface area contributed by atoms with Crippen LogP contribution in [0.2, 0.25) is 5.02 Å². The maximum absolute atomic E-state index is 13.7. The van der Waals surface area contributed by atoms with E-state index in [4.69, 9.17) is 25.8 Å². The molecule has 4 rings (SSSR count). The number of anilines is 1. The number of hydrogen-bond acceptors (Lipinski definition) is 7. The highest BCUT2D eigenvalue weighted by molar-refractivity contribution is 6.31. The van der Waals surface area contributed by atoms with E-state index in [1.165, 1.54) is 4.90 Å². The molecule has 11 nitrogen and oxygen atoms in total. The smallest absolute Gasteiger partial charge is 0.411 e. The van der Waals surface area contributed by atoms with Gasteiger partial charge in [-0.2, -0.15) is 0 Å². The fourth-order valence-corrected chi connectivity index (χ4v) is 5.54. The van der Waals surface area contributed by atoms with Gasteiger partial charge >= 0.3 is 12.2 Å². The van der Waals surface area contributed by atoms with Crippen molar-refractivity contribution in [1.29, 1.82) is 0 Å². The third kappa shape index (κ3) is 9.11. The molecular weight excluding hydrogens is 600 g/mol. The molecule has 2 aliphatic rings. The van der Waals surface area contributed by atoms with E-state index in [-0.39, 0.29) is 64.0 Å². The summed E-state index contributed by atoms with van der Waals surface area (Å²) in [5, 5.41) is 6.21. The lowest BCUT2D eigenvalue weighted by Crippen LogP contribution is -2.60. The predicted molar refractivity (Wildman–Crippen MR) is 170 cm³/mol. The summed E-state index contributed by atoms with van der Waals surface area (Å²) in [5.41, 5.74) is 0.674. The van der Waals surface area contributed by atoms with Gasteiger partial charge in [-0.05, 0) is 69.4 Å². The molecule has 0 bridgehead atoms. The summed E-state index contributed by atoms with van der Waals surface area (Å²) in [7, 11) is 0. The first kappa shape index (κ1) is 34.1. The molecule has 2 N–H and O–H groups in total. The Morgan fingerprint density at radius 2 is 1.71 bits per heavy atom. The number of carbonyl (C=O) groups is 4. The molecule has 2 saturated heterocycles. The molecule has 2 heterocycles. The van der Waals surface area contributed by atoms with Crippen molar-refractivity contribution in [2.45, 2.75) is 65.1 Å². The summed E-state index contributed by atoms with van der Waals surface area (Å²) >= 11 is 6.30. The second kappa shape index (κ2) is 15.0. The molecular formula is C33H43ClN4O7. The van der Waals surface area contributed by atoms with Gasteiger partial charge in [0, 0.05) is 36.9 Å². The van der Waals surface area contributed by atoms with E-state index >= 15 is 0 Å². The molecule has 0 saturated carbocycles. The van der Waals surface area contributed by atoms with E-state index < -0.39 is 29.2 Å². The zero-order chi connectivity index (χ0) is 32.6. The highest BCUT2D eigenvalue weighted by Gasteiger charge is 2.46. The van der Waals surface area contributed by atoms with Crippen LogP contribution in [0.1, 0.15) is 51.7 Å². The van der Waals surface area contributed by atoms with Gasteiger partial charge in [0.2, 0.25) is 11.8 Å². The van der Waals surface area contributed by atoms with Gasteiger partial charge in [-0.15, -0.1) is 0 Å². The summed E-state index contributed by atoms with van der Waals surface area (Å²) in [6.07, 6.45) is 0.113. The van der Waals surface area contributed by atoms with E-state index in [0.29, 0.717) is 17.3 Å². The molecule has 1 unspecified atom stereocenters. The predicted octanol–water partition coefficient (Wildman–Crippen LogP) is 5.01. The molecule has 2 fully saturated rings. The summed E-state index contributed by atoms with van der Waals surface area (Å²) in [6.45, 7) is 8.42. The standard InChI is InChI=1S/C33H43ClN4O7/c1-5-23-10-12-25(13-11-23)36-30(41)44-22-33(29(40)35-20-24-8-6-7-9-26(24)34)14-16-37(17-15-33)28(39)27-21-43-19-18-38(27)31(42)45-32(2,3)4/h6-13,27H,5,14-22H2,1-4H3,(H,35,40)(H,36,41). The van der Waals surface area contributed by atoms with Crippen molar-refractivity contribution in [3.63, 3.8) is 0 Å². The van der Waals surface area contributed by atoms with Crippen LogP contribution in [-0.4, -0.2) is 84.9 Å². The molecule has 12 heteroatoms. The summed E-state index contributed by atoms with van der Waals surface area (Å²) in [6, 6.07) is 13.8. The van der Waals surface area contributed by atoms with Crippen LogP contribution >= 0.6 is 11.6 Å². The zero-order valence-corrected chi connectivity index (χ0v) is 27.2. The molecule has 0 radical (unpaired) electrons. The molecule has 244 valence electrons. The van der Waals surface area contributed by atoms with Crippen molar-refractivity contribution in [2.24, 2.45) is 5.41 Å². The second-order valence-corrected chi connectivity index (χ2v) is 12.8. The molecule has 2 aliphatic heterocycles. The van der Waals surface area contributed by atoms with Crippen molar-refractivity contribution in [1.82, 2.24) is 15.1 Å². The van der Waals surface area contributed by atoms with E-state index in [1.54, 1.807) is 43.9 Å². The maximum Gasteiger partial charge on any atom is 0.411 e. The molecule has 0 aromatic heterocycles. The van der Waals surface area contributed by atoms with Crippen molar-refractivity contribution in [2.75, 3.05) is 44.8 Å². The van der Waals surface area contributed by atoms with Crippen molar-refractivity contribution < 1.29 is 33.4 Å². The number of aryl methyl sites for hydroxylation is 1. The number of amides is 4. The summed E-state index contributed by atoms with van der Waals surface area (Å²) in [5.74, 6) is -0.578. The molecule has 45 heavy (non-hydrogen) atoms. The number of ether oxygens (including phenoxy) is 3. The molecule has 1 atom stereocenters. The molecule has 2 aromatic carbocycles. The zero-order valence-electron chi connectivity index (χ0n) is 26.4. The minimum Gasteiger partial charge on any atom is -0.448 e. The van der Waals surface area contributed by atoms with Crippen LogP contribution in [0, 0.1) is 5.41 Å². The molecule has 0 spiro atoms. The van der Waals surface area contributed by atoms with Crippen molar-refractivity contribution >= 4 is 41.3 Å². The topological polar surface area (TPSA) is 127 Å². The fourth-order valence-electron chi connectivity index (χ4n) is 5.34. The number of nitrogens with one attached hydrogen (secondary N) is 2. The van der Waals surface area contributed by atoms with E-state index in [2.05, 4.69) is 10.6 Å². The number of nitrogens with zero attached hydrogens (tertiary/aromatic N) is 2. The van der Waals surface area contributed by atoms with Crippen LogP contribution in [0.3, 0.4) is 0 Å². The average Bonchev–Trinajstić information content (AvgIpc) is 3.02. The van der Waals surface area contributed by atoms with Gasteiger partial charge in [-0.1, -0.05) is 48.9 Å². The van der Waals surface area contributed by atoms with Crippen LogP contribution in [0.5, 0.6) is 0 Å². The lowest BCUT2D eigenvalue weighted by atomic mass is 9.78. The van der Waals surface area contributed by atoms with Gasteiger partial charge in [-0.3, -0.25) is 19.8 Å². The third-order valence-electron chi connectivity index (χ3n) is 8.04. The SMILES string of the molecule is CCc1ccc(NC(=O)OCC2(C(=O)NCc3ccccc3Cl)CCN(C(=O)C3COCCN3C(=O)OC(C)(C)C)CC2)cc1. The molecule has 4 amide bonds. The number of likely N-dealkylation sites (tertiary alicyclic amines) is 1. The Morgan fingerprint density at radius 3 is 2.36 bits per heavy atom. The monoisotopic (exact) mass is 642 g/mol. The summed E-state index contributed by atoms with van der Waals surface area (Å²) < 4.78 is 16.7. The Morgan fingerprint density at radius 1 is 1.02 bits per heavy atom. The fraction of sp³-hybridized carbons (Fsp3) is 0.515. The Kier molecular flexibility index (Phi) is 11.3. The Labute approximate surface area is 269 Å². The Balaban J connectivity index is 1.44. The minimum absolute atomic E-state index is 0.0561. The first-order chi connectivity index (χ1) is 21.4. The minimum atomic E-state index is -1.09. The van der Waals surface area contributed by atoms with Crippen molar-refractivity contribution in [3.8, 4) is 0 Å². The number of hydrogen-bond donors (Lipinski definition) is 2. The number of morpholine rings is 1. The first-order valence-corrected chi connectivity index (χ1v) is 15.7. The molecule has 0 aliphatic carbocycles. The maximum atomic E-state index is 13.7. The van der Waals surface area contributed by atoms with E-state index in [9.17, 15) is 19.2 Å². The van der Waals surface area contributed by atoms with Crippen LogP contribution in [0.15, 0.2) is 48.5 Å². The summed E-state index contributed by atoms with van der Waals surface area (Å²) in [4.78, 5) is 56.1. The lowest BCUT2D eigenvalue weighted by Gasteiger charge is -2.43. The Hall–Kier alpha value is -3.83. The number of rotatable bonds is 8. The van der Waals surface area contributed by atoms with Crippen LogP contribution in [0.25, 0.3) is 0 Å². The highest BCUT2D eigenvalue weighted by Crippen LogP contribution is 2.34. The second-order valence-electron chi connectivity index (χ2n) is 12.4. The van der Waals surface area contributed by atoms with Crippen LogP contribution in [-0.2, 0) is 36.8 Å². The highest BCUT2D eigenvalue weighted by atomic mass is 35.5. The Bertz CT molecular complexity index is 1350. The third-order valence-corrected chi connectivity index (χ3v) is 8.41. The number of halogens is 1. The number of benzene rings is 2. The van der Waals surface area contributed by atoms with Gasteiger partial charge in [0.05, 0.1) is 18.6 Å². The molecule has 2 aromatic rings. The normalized spacial score (nSPS) is 18.1. The largest absolute Gasteiger partial charge is 0.448 e. The quantitative estimate of drug-likeness (QED) is 0.414. The van der Waals surface area contributed by atoms with Crippen LogP contribution < -0.4 is 10.6 Å². The van der Waals surface area contributed by atoms with Crippen molar-refractivity contribution in [3.05, 3.63) is 64.7 Å². The van der Waals surface area contributed by atoms with Gasteiger partial charge in [0.1, 0.15) is 18.2 Å². The number of carbonyl (C=O) groups excluding carboxylic acids is 4. The van der Waals surface area contributed by atoms with Gasteiger partial charge in [0.15, 0.2) is 0 Å². The van der Waals surface area contributed by atoms with Gasteiger partial charge < -0.3 is 24.4 Å². The average molecular weight is 643 g/mol. The number of piperidine rings is 1. The van der Waals surface area contributed by atoms with Gasteiger partial charge in [0.25, 0.3) is 0 Å².